The zero-order chi connectivity index (χ0) is 17.0. The van der Waals surface area contributed by atoms with E-state index in [1.807, 2.05) is 0 Å². The molecule has 23 heavy (non-hydrogen) atoms. The molecule has 0 bridgehead atoms. The molecule has 0 amide bonds. The van der Waals surface area contributed by atoms with E-state index in [0.29, 0.717) is 13.0 Å². The molecule has 0 radical (unpaired) electrons. The van der Waals surface area contributed by atoms with Gasteiger partial charge in [0.15, 0.2) is 0 Å². The molecule has 1 unspecified atom stereocenters. The summed E-state index contributed by atoms with van der Waals surface area (Å²) in [4.78, 5) is 11.7. The number of halogens is 1. The SMILES string of the molecule is CC(C)OC(=O)CC1CCCN(S(=O)(=O)c2cccc(F)c2)C1. The number of esters is 1. The predicted molar refractivity (Wildman–Crippen MR) is 83.7 cm³/mol. The van der Waals surface area contributed by atoms with E-state index in [2.05, 4.69) is 0 Å². The Kier molecular flexibility index (Phi) is 5.75. The molecule has 0 saturated carbocycles. The van der Waals surface area contributed by atoms with Crippen molar-refractivity contribution in [3.8, 4) is 0 Å². The Morgan fingerprint density at radius 2 is 2.17 bits per heavy atom. The van der Waals surface area contributed by atoms with Gasteiger partial charge in [0.1, 0.15) is 5.82 Å². The van der Waals surface area contributed by atoms with Gasteiger partial charge in [-0.15, -0.1) is 0 Å². The summed E-state index contributed by atoms with van der Waals surface area (Å²) in [7, 11) is -3.74. The molecule has 1 atom stereocenters. The molecule has 5 nitrogen and oxygen atoms in total. The number of carbonyl (C=O) groups is 1. The van der Waals surface area contributed by atoms with Crippen LogP contribution in [0.4, 0.5) is 4.39 Å². The molecule has 1 aliphatic heterocycles. The van der Waals surface area contributed by atoms with Crippen molar-refractivity contribution < 1.29 is 22.3 Å². The minimum absolute atomic E-state index is 0.0529. The summed E-state index contributed by atoms with van der Waals surface area (Å²) in [6.45, 7) is 4.19. The smallest absolute Gasteiger partial charge is 0.306 e. The van der Waals surface area contributed by atoms with E-state index in [1.54, 1.807) is 13.8 Å². The maximum Gasteiger partial charge on any atom is 0.306 e. The molecule has 0 N–H and O–H groups in total. The normalized spacial score (nSPS) is 19.7. The third kappa shape index (κ3) is 4.75. The number of carbonyl (C=O) groups excluding carboxylic acids is 1. The van der Waals surface area contributed by atoms with Crippen LogP contribution in [-0.4, -0.2) is 37.9 Å². The van der Waals surface area contributed by atoms with Crippen molar-refractivity contribution in [2.45, 2.75) is 44.1 Å². The van der Waals surface area contributed by atoms with Crippen LogP contribution in [0.25, 0.3) is 0 Å². The highest BCUT2D eigenvalue weighted by molar-refractivity contribution is 7.89. The molecule has 2 rings (SSSR count). The summed E-state index contributed by atoms with van der Waals surface area (Å²) in [6, 6.07) is 4.99. The van der Waals surface area contributed by atoms with Gasteiger partial charge in [-0.3, -0.25) is 4.79 Å². The minimum Gasteiger partial charge on any atom is -0.463 e. The zero-order valence-electron chi connectivity index (χ0n) is 13.4. The van der Waals surface area contributed by atoms with E-state index in [1.165, 1.54) is 22.5 Å². The highest BCUT2D eigenvalue weighted by atomic mass is 32.2. The van der Waals surface area contributed by atoms with E-state index >= 15 is 0 Å². The van der Waals surface area contributed by atoms with Crippen molar-refractivity contribution >= 4 is 16.0 Å². The Bertz CT molecular complexity index is 660. The first-order valence-corrected chi connectivity index (χ1v) is 9.18. The van der Waals surface area contributed by atoms with Gasteiger partial charge in [0, 0.05) is 19.5 Å². The molecule has 1 heterocycles. The summed E-state index contributed by atoms with van der Waals surface area (Å²) < 4.78 is 44.9. The van der Waals surface area contributed by atoms with E-state index < -0.39 is 15.8 Å². The zero-order valence-corrected chi connectivity index (χ0v) is 14.2. The molecular weight excluding hydrogens is 321 g/mol. The van der Waals surface area contributed by atoms with Crippen LogP contribution in [0.5, 0.6) is 0 Å². The lowest BCUT2D eigenvalue weighted by atomic mass is 9.96. The fourth-order valence-electron chi connectivity index (χ4n) is 2.74. The van der Waals surface area contributed by atoms with Gasteiger partial charge in [0.2, 0.25) is 10.0 Å². The predicted octanol–water partition coefficient (Wildman–Crippen LogP) is 2.57. The van der Waals surface area contributed by atoms with E-state index in [-0.39, 0.29) is 35.9 Å². The fraction of sp³-hybridized carbons (Fsp3) is 0.562. The van der Waals surface area contributed by atoms with Crippen molar-refractivity contribution in [1.29, 1.82) is 0 Å². The van der Waals surface area contributed by atoms with E-state index in [4.69, 9.17) is 4.74 Å². The van der Waals surface area contributed by atoms with Crippen LogP contribution in [0.1, 0.15) is 33.1 Å². The first kappa shape index (κ1) is 17.9. The first-order chi connectivity index (χ1) is 10.8. The second-order valence-corrected chi connectivity index (χ2v) is 8.01. The molecule has 1 aliphatic rings. The number of benzene rings is 1. The van der Waals surface area contributed by atoms with Gasteiger partial charge >= 0.3 is 5.97 Å². The average molecular weight is 343 g/mol. The molecule has 0 aliphatic carbocycles. The molecule has 0 spiro atoms. The average Bonchev–Trinajstić information content (AvgIpc) is 2.46. The highest BCUT2D eigenvalue weighted by Crippen LogP contribution is 2.26. The Morgan fingerprint density at radius 3 is 2.83 bits per heavy atom. The van der Waals surface area contributed by atoms with Crippen molar-refractivity contribution in [2.75, 3.05) is 13.1 Å². The Morgan fingerprint density at radius 1 is 1.43 bits per heavy atom. The van der Waals surface area contributed by atoms with Crippen LogP contribution in [0.3, 0.4) is 0 Å². The Balaban J connectivity index is 2.07. The van der Waals surface area contributed by atoms with Crippen LogP contribution >= 0.6 is 0 Å². The lowest BCUT2D eigenvalue weighted by Gasteiger charge is -2.31. The van der Waals surface area contributed by atoms with E-state index in [9.17, 15) is 17.6 Å². The largest absolute Gasteiger partial charge is 0.463 e. The number of ether oxygens (including phenoxy) is 1. The molecule has 1 aromatic carbocycles. The third-order valence-electron chi connectivity index (χ3n) is 3.74. The lowest BCUT2D eigenvalue weighted by Crippen LogP contribution is -2.40. The van der Waals surface area contributed by atoms with Crippen molar-refractivity contribution in [3.05, 3.63) is 30.1 Å². The van der Waals surface area contributed by atoms with Crippen molar-refractivity contribution in [3.63, 3.8) is 0 Å². The Labute approximate surface area is 136 Å². The number of hydrogen-bond acceptors (Lipinski definition) is 4. The van der Waals surface area contributed by atoms with Gasteiger partial charge in [-0.05, 0) is 50.8 Å². The number of piperidine rings is 1. The standard InChI is InChI=1S/C16H22FNO4S/c1-12(2)22-16(19)9-13-5-4-8-18(11-13)23(20,21)15-7-3-6-14(17)10-15/h3,6-7,10,12-13H,4-5,8-9,11H2,1-2H3. The number of rotatable bonds is 5. The maximum absolute atomic E-state index is 13.3. The molecule has 7 heteroatoms. The molecule has 1 fully saturated rings. The molecule has 128 valence electrons. The van der Waals surface area contributed by atoms with Crippen LogP contribution in [-0.2, 0) is 19.6 Å². The lowest BCUT2D eigenvalue weighted by molar-refractivity contribution is -0.148. The third-order valence-corrected chi connectivity index (χ3v) is 5.60. The first-order valence-electron chi connectivity index (χ1n) is 7.74. The summed E-state index contributed by atoms with van der Waals surface area (Å²) in [6.07, 6.45) is 1.47. The second-order valence-electron chi connectivity index (χ2n) is 6.07. The minimum atomic E-state index is -3.74. The van der Waals surface area contributed by atoms with Gasteiger partial charge in [0.05, 0.1) is 11.0 Å². The molecular formula is C16H22FNO4S. The second kappa shape index (κ2) is 7.40. The number of hydrogen-bond donors (Lipinski definition) is 0. The maximum atomic E-state index is 13.3. The summed E-state index contributed by atoms with van der Waals surface area (Å²) in [5.41, 5.74) is 0. The molecule has 1 saturated heterocycles. The molecule has 1 aromatic rings. The van der Waals surface area contributed by atoms with Gasteiger partial charge in [-0.2, -0.15) is 4.31 Å². The topological polar surface area (TPSA) is 63.7 Å². The number of sulfonamides is 1. The van der Waals surface area contributed by atoms with Crippen LogP contribution in [0.2, 0.25) is 0 Å². The van der Waals surface area contributed by atoms with Gasteiger partial charge < -0.3 is 4.74 Å². The van der Waals surface area contributed by atoms with Gasteiger partial charge in [-0.25, -0.2) is 12.8 Å². The molecule has 0 aromatic heterocycles. The van der Waals surface area contributed by atoms with E-state index in [0.717, 1.165) is 12.5 Å². The van der Waals surface area contributed by atoms with Crippen molar-refractivity contribution in [1.82, 2.24) is 4.31 Å². The monoisotopic (exact) mass is 343 g/mol. The van der Waals surface area contributed by atoms with Crippen molar-refractivity contribution in [2.24, 2.45) is 5.92 Å². The van der Waals surface area contributed by atoms with Crippen LogP contribution in [0.15, 0.2) is 29.2 Å². The quantitative estimate of drug-likeness (QED) is 0.771. The van der Waals surface area contributed by atoms with Crippen LogP contribution < -0.4 is 0 Å². The summed E-state index contributed by atoms with van der Waals surface area (Å²) >= 11 is 0. The highest BCUT2D eigenvalue weighted by Gasteiger charge is 2.31. The van der Waals surface area contributed by atoms with Crippen LogP contribution in [0, 0.1) is 11.7 Å². The van der Waals surface area contributed by atoms with Gasteiger partial charge in [0.25, 0.3) is 0 Å². The fourth-order valence-corrected chi connectivity index (χ4v) is 4.32. The number of nitrogens with zero attached hydrogens (tertiary/aromatic N) is 1. The summed E-state index contributed by atoms with van der Waals surface area (Å²) in [5.74, 6) is -0.964. The summed E-state index contributed by atoms with van der Waals surface area (Å²) in [5, 5.41) is 0. The Hall–Kier alpha value is -1.47. The van der Waals surface area contributed by atoms with Gasteiger partial charge in [-0.1, -0.05) is 6.07 Å².